The SMILES string of the molecule is NC(=O)c1ccccc1[C@@H](N)[CH]c1ccccc1. The molecule has 1 amide bonds. The lowest BCUT2D eigenvalue weighted by molar-refractivity contribution is 0.0999. The number of benzene rings is 2. The number of hydrogen-bond acceptors (Lipinski definition) is 2. The fourth-order valence-electron chi connectivity index (χ4n) is 1.87. The van der Waals surface area contributed by atoms with Gasteiger partial charge in [0.1, 0.15) is 0 Å². The van der Waals surface area contributed by atoms with Gasteiger partial charge in [-0.3, -0.25) is 4.79 Å². The first-order valence-electron chi connectivity index (χ1n) is 5.72. The average Bonchev–Trinajstić information content (AvgIpc) is 2.40. The van der Waals surface area contributed by atoms with Crippen LogP contribution in [0, 0.1) is 6.42 Å². The van der Waals surface area contributed by atoms with Crippen LogP contribution >= 0.6 is 0 Å². The number of primary amides is 1. The highest BCUT2D eigenvalue weighted by molar-refractivity contribution is 5.94. The summed E-state index contributed by atoms with van der Waals surface area (Å²) < 4.78 is 0. The zero-order valence-corrected chi connectivity index (χ0v) is 9.91. The largest absolute Gasteiger partial charge is 0.366 e. The molecule has 0 heterocycles. The fourth-order valence-corrected chi connectivity index (χ4v) is 1.87. The molecule has 3 heteroatoms. The molecule has 1 radical (unpaired) electrons. The zero-order valence-electron chi connectivity index (χ0n) is 9.91. The lowest BCUT2D eigenvalue weighted by atomic mass is 9.95. The topological polar surface area (TPSA) is 69.1 Å². The highest BCUT2D eigenvalue weighted by Crippen LogP contribution is 2.21. The maximum atomic E-state index is 11.3. The predicted octanol–water partition coefficient (Wildman–Crippen LogP) is 2.04. The van der Waals surface area contributed by atoms with Crippen LogP contribution in [-0.4, -0.2) is 5.91 Å². The van der Waals surface area contributed by atoms with Crippen LogP contribution in [0.2, 0.25) is 0 Å². The molecule has 0 spiro atoms. The molecular weight excluding hydrogens is 224 g/mol. The van der Waals surface area contributed by atoms with E-state index in [-0.39, 0.29) is 6.04 Å². The molecule has 0 saturated heterocycles. The first-order chi connectivity index (χ1) is 8.68. The number of amides is 1. The summed E-state index contributed by atoms with van der Waals surface area (Å²) in [7, 11) is 0. The van der Waals surface area contributed by atoms with Gasteiger partial charge in [0, 0.05) is 18.0 Å². The Morgan fingerprint density at radius 1 is 1.00 bits per heavy atom. The molecule has 18 heavy (non-hydrogen) atoms. The van der Waals surface area contributed by atoms with Crippen LogP contribution in [-0.2, 0) is 0 Å². The molecule has 2 aromatic rings. The minimum absolute atomic E-state index is 0.351. The Morgan fingerprint density at radius 3 is 2.28 bits per heavy atom. The summed E-state index contributed by atoms with van der Waals surface area (Å²) >= 11 is 0. The van der Waals surface area contributed by atoms with E-state index in [1.165, 1.54) is 0 Å². The van der Waals surface area contributed by atoms with Gasteiger partial charge in [0.2, 0.25) is 5.91 Å². The molecule has 2 rings (SSSR count). The van der Waals surface area contributed by atoms with Crippen LogP contribution in [0.4, 0.5) is 0 Å². The molecule has 0 unspecified atom stereocenters. The maximum Gasteiger partial charge on any atom is 0.249 e. The Balaban J connectivity index is 2.24. The molecule has 0 aliphatic carbocycles. The maximum absolute atomic E-state index is 11.3. The molecule has 0 saturated carbocycles. The van der Waals surface area contributed by atoms with Gasteiger partial charge in [-0.15, -0.1) is 0 Å². The Kier molecular flexibility index (Phi) is 3.75. The fraction of sp³-hybridized carbons (Fsp3) is 0.0667. The standard InChI is InChI=1S/C15H15N2O/c16-14(10-11-6-2-1-3-7-11)12-8-4-5-9-13(12)15(17)18/h1-10,14H,16H2,(H2,17,18)/t14-/m0/s1. The quantitative estimate of drug-likeness (QED) is 0.857. The minimum Gasteiger partial charge on any atom is -0.366 e. The summed E-state index contributed by atoms with van der Waals surface area (Å²) in [6, 6.07) is 16.5. The molecule has 0 fully saturated rings. The van der Waals surface area contributed by atoms with Crippen molar-refractivity contribution in [2.75, 3.05) is 0 Å². The van der Waals surface area contributed by atoms with E-state index in [2.05, 4.69) is 0 Å². The number of nitrogens with two attached hydrogens (primary N) is 2. The molecule has 0 aliphatic heterocycles. The summed E-state index contributed by atoms with van der Waals surface area (Å²) in [5, 5.41) is 0. The predicted molar refractivity (Wildman–Crippen MR) is 71.7 cm³/mol. The van der Waals surface area contributed by atoms with E-state index in [9.17, 15) is 4.79 Å². The third kappa shape index (κ3) is 2.76. The lowest BCUT2D eigenvalue weighted by Crippen LogP contribution is -2.19. The van der Waals surface area contributed by atoms with E-state index in [4.69, 9.17) is 11.5 Å². The third-order valence-corrected chi connectivity index (χ3v) is 2.76. The van der Waals surface area contributed by atoms with Crippen molar-refractivity contribution in [3.63, 3.8) is 0 Å². The highest BCUT2D eigenvalue weighted by atomic mass is 16.1. The van der Waals surface area contributed by atoms with Gasteiger partial charge in [-0.2, -0.15) is 0 Å². The normalized spacial score (nSPS) is 12.1. The second kappa shape index (κ2) is 5.47. The smallest absolute Gasteiger partial charge is 0.249 e. The van der Waals surface area contributed by atoms with Crippen molar-refractivity contribution in [3.05, 3.63) is 77.7 Å². The summed E-state index contributed by atoms with van der Waals surface area (Å²) in [6.07, 6.45) is 1.90. The molecule has 0 aromatic heterocycles. The van der Waals surface area contributed by atoms with Crippen LogP contribution in [0.3, 0.4) is 0 Å². The second-order valence-electron chi connectivity index (χ2n) is 4.05. The molecule has 0 bridgehead atoms. The van der Waals surface area contributed by atoms with Crippen molar-refractivity contribution < 1.29 is 4.79 Å². The monoisotopic (exact) mass is 239 g/mol. The van der Waals surface area contributed by atoms with Gasteiger partial charge in [0.25, 0.3) is 0 Å². The van der Waals surface area contributed by atoms with Gasteiger partial charge in [-0.1, -0.05) is 48.5 Å². The zero-order chi connectivity index (χ0) is 13.0. The Labute approximate surface area is 106 Å². The lowest BCUT2D eigenvalue weighted by Gasteiger charge is -2.14. The van der Waals surface area contributed by atoms with Crippen LogP contribution in [0.1, 0.15) is 27.5 Å². The summed E-state index contributed by atoms with van der Waals surface area (Å²) in [4.78, 5) is 11.3. The summed E-state index contributed by atoms with van der Waals surface area (Å²) in [5.41, 5.74) is 13.7. The number of rotatable bonds is 4. The Morgan fingerprint density at radius 2 is 1.61 bits per heavy atom. The molecule has 4 N–H and O–H groups in total. The van der Waals surface area contributed by atoms with E-state index < -0.39 is 5.91 Å². The molecular formula is C15H15N2O. The van der Waals surface area contributed by atoms with Crippen molar-refractivity contribution in [1.82, 2.24) is 0 Å². The Bertz CT molecular complexity index is 537. The van der Waals surface area contributed by atoms with Gasteiger partial charge in [0.05, 0.1) is 0 Å². The van der Waals surface area contributed by atoms with Gasteiger partial charge in [-0.25, -0.2) is 0 Å². The highest BCUT2D eigenvalue weighted by Gasteiger charge is 2.14. The molecule has 2 aromatic carbocycles. The first kappa shape index (κ1) is 12.3. The van der Waals surface area contributed by atoms with Crippen molar-refractivity contribution in [2.45, 2.75) is 6.04 Å². The average molecular weight is 239 g/mol. The molecule has 3 nitrogen and oxygen atoms in total. The second-order valence-corrected chi connectivity index (χ2v) is 4.05. The Hall–Kier alpha value is -2.13. The van der Waals surface area contributed by atoms with E-state index in [1.807, 2.05) is 48.9 Å². The van der Waals surface area contributed by atoms with Crippen LogP contribution in [0.25, 0.3) is 0 Å². The number of hydrogen-bond donors (Lipinski definition) is 2. The van der Waals surface area contributed by atoms with Gasteiger partial charge < -0.3 is 11.5 Å². The van der Waals surface area contributed by atoms with Crippen LogP contribution in [0.5, 0.6) is 0 Å². The van der Waals surface area contributed by atoms with E-state index in [1.54, 1.807) is 12.1 Å². The molecule has 0 aliphatic rings. The summed E-state index contributed by atoms with van der Waals surface area (Å²) in [5.74, 6) is -0.456. The van der Waals surface area contributed by atoms with Crippen LogP contribution < -0.4 is 11.5 Å². The molecule has 91 valence electrons. The van der Waals surface area contributed by atoms with Gasteiger partial charge in [-0.05, 0) is 17.2 Å². The number of carbonyl (C=O) groups excluding carboxylic acids is 1. The van der Waals surface area contributed by atoms with Gasteiger partial charge >= 0.3 is 0 Å². The van der Waals surface area contributed by atoms with E-state index in [0.717, 1.165) is 11.1 Å². The molecule has 1 atom stereocenters. The first-order valence-corrected chi connectivity index (χ1v) is 5.72. The van der Waals surface area contributed by atoms with Crippen molar-refractivity contribution in [2.24, 2.45) is 11.5 Å². The van der Waals surface area contributed by atoms with Crippen molar-refractivity contribution in [3.8, 4) is 0 Å². The third-order valence-electron chi connectivity index (χ3n) is 2.76. The van der Waals surface area contributed by atoms with Crippen molar-refractivity contribution in [1.29, 1.82) is 0 Å². The number of carbonyl (C=O) groups is 1. The van der Waals surface area contributed by atoms with Gasteiger partial charge in [0.15, 0.2) is 0 Å². The van der Waals surface area contributed by atoms with Crippen LogP contribution in [0.15, 0.2) is 54.6 Å². The van der Waals surface area contributed by atoms with E-state index >= 15 is 0 Å². The minimum atomic E-state index is -0.456. The summed E-state index contributed by atoms with van der Waals surface area (Å²) in [6.45, 7) is 0. The van der Waals surface area contributed by atoms with E-state index in [0.29, 0.717) is 5.56 Å². The van der Waals surface area contributed by atoms with Crippen molar-refractivity contribution >= 4 is 5.91 Å².